The average molecular weight is 425 g/mol. The Kier molecular flexibility index (Phi) is 5.07. The predicted octanol–water partition coefficient (Wildman–Crippen LogP) is 6.42. The van der Waals surface area contributed by atoms with Gasteiger partial charge in [0.15, 0.2) is 5.78 Å². The van der Waals surface area contributed by atoms with Gasteiger partial charge in [0.2, 0.25) is 0 Å². The van der Waals surface area contributed by atoms with Crippen LogP contribution in [-0.4, -0.2) is 17.9 Å². The quantitative estimate of drug-likeness (QED) is 0.480. The molecule has 1 heterocycles. The molecule has 3 heteroatoms. The number of ketones is 1. The van der Waals surface area contributed by atoms with E-state index in [9.17, 15) is 9.59 Å². The first-order valence-corrected chi connectivity index (χ1v) is 12.8. The minimum Gasteiger partial charge on any atom is -0.458 e. The Morgan fingerprint density at radius 2 is 1.77 bits per heavy atom. The molecule has 0 bridgehead atoms. The van der Waals surface area contributed by atoms with E-state index in [1.807, 2.05) is 13.0 Å². The Morgan fingerprint density at radius 3 is 2.52 bits per heavy atom. The van der Waals surface area contributed by atoms with Crippen molar-refractivity contribution in [3.8, 4) is 0 Å². The number of ether oxygens (including phenoxy) is 1. The lowest BCUT2D eigenvalue weighted by Gasteiger charge is -2.58. The number of fused-ring (bicyclic) bond motifs is 5. The third kappa shape index (κ3) is 3.12. The molecule has 0 amide bonds. The standard InChI is InChI=1S/C28H40O3/c1-16-14-25(31-26(30)17(16)2)18(3)22-8-9-23-21-7-6-19-15-20(29)10-12-27(19,4)24(21)11-13-28(22,23)5/h15,18,21-25H,6-14H2,1-5H3/t18-,21?,22+,23?,24?,25+,27-,28+/m0/s1. The van der Waals surface area contributed by atoms with Crippen LogP contribution in [0.3, 0.4) is 0 Å². The Morgan fingerprint density at radius 1 is 1.00 bits per heavy atom. The van der Waals surface area contributed by atoms with Crippen LogP contribution in [0.5, 0.6) is 0 Å². The molecule has 0 saturated heterocycles. The van der Waals surface area contributed by atoms with Gasteiger partial charge in [-0.2, -0.15) is 0 Å². The average Bonchev–Trinajstić information content (AvgIpc) is 3.08. The van der Waals surface area contributed by atoms with Crippen molar-refractivity contribution >= 4 is 11.8 Å². The SMILES string of the molecule is CC1=C(C)C(=O)O[C@@H]([C@@H](C)[C@H]2CCC3C4CCC5=CC(=O)CC[C@]5(C)C4CC[C@@]32C)C1. The molecule has 5 aliphatic rings. The summed E-state index contributed by atoms with van der Waals surface area (Å²) in [4.78, 5) is 24.4. The Balaban J connectivity index is 1.38. The van der Waals surface area contributed by atoms with Crippen LogP contribution in [0.1, 0.15) is 92.4 Å². The summed E-state index contributed by atoms with van der Waals surface area (Å²) in [5.74, 6) is 3.63. The lowest BCUT2D eigenvalue weighted by molar-refractivity contribution is -0.151. The van der Waals surface area contributed by atoms with Crippen molar-refractivity contribution in [2.75, 3.05) is 0 Å². The van der Waals surface area contributed by atoms with Gasteiger partial charge in [0.25, 0.3) is 0 Å². The second-order valence-corrected chi connectivity index (χ2v) is 12.1. The predicted molar refractivity (Wildman–Crippen MR) is 122 cm³/mol. The number of rotatable bonds is 2. The van der Waals surface area contributed by atoms with Crippen molar-refractivity contribution in [1.82, 2.24) is 0 Å². The number of allylic oxidation sites excluding steroid dienone is 1. The summed E-state index contributed by atoms with van der Waals surface area (Å²) >= 11 is 0. The molecule has 3 fully saturated rings. The first kappa shape index (κ1) is 21.5. The van der Waals surface area contributed by atoms with E-state index in [0.29, 0.717) is 23.0 Å². The van der Waals surface area contributed by atoms with Crippen molar-refractivity contribution in [2.24, 2.45) is 40.4 Å². The smallest absolute Gasteiger partial charge is 0.333 e. The molecular formula is C28H40O3. The molecule has 8 atom stereocenters. The molecule has 0 aromatic rings. The van der Waals surface area contributed by atoms with Gasteiger partial charge in [0, 0.05) is 18.4 Å². The molecule has 3 nitrogen and oxygen atoms in total. The second-order valence-electron chi connectivity index (χ2n) is 12.1. The third-order valence-corrected chi connectivity index (χ3v) is 11.0. The first-order valence-electron chi connectivity index (χ1n) is 12.8. The van der Waals surface area contributed by atoms with Crippen molar-refractivity contribution < 1.29 is 14.3 Å². The molecule has 1 aliphatic heterocycles. The van der Waals surface area contributed by atoms with Gasteiger partial charge in [-0.1, -0.05) is 31.9 Å². The number of hydrogen-bond donors (Lipinski definition) is 0. The lowest BCUT2D eigenvalue weighted by Crippen LogP contribution is -2.51. The van der Waals surface area contributed by atoms with Crippen molar-refractivity contribution in [3.63, 3.8) is 0 Å². The lowest BCUT2D eigenvalue weighted by atomic mass is 9.46. The van der Waals surface area contributed by atoms with Crippen molar-refractivity contribution in [3.05, 3.63) is 22.8 Å². The highest BCUT2D eigenvalue weighted by Crippen LogP contribution is 2.67. The summed E-state index contributed by atoms with van der Waals surface area (Å²) in [6.45, 7) is 11.4. The zero-order valence-electron chi connectivity index (χ0n) is 20.1. The Hall–Kier alpha value is -1.38. The summed E-state index contributed by atoms with van der Waals surface area (Å²) in [6.07, 6.45) is 12.3. The molecular weight excluding hydrogens is 384 g/mol. The summed E-state index contributed by atoms with van der Waals surface area (Å²) in [7, 11) is 0. The van der Waals surface area contributed by atoms with Crippen molar-refractivity contribution in [1.29, 1.82) is 0 Å². The molecule has 0 aromatic carbocycles. The molecule has 3 unspecified atom stereocenters. The van der Waals surface area contributed by atoms with Gasteiger partial charge in [-0.15, -0.1) is 0 Å². The molecule has 31 heavy (non-hydrogen) atoms. The maximum Gasteiger partial charge on any atom is 0.333 e. The summed E-state index contributed by atoms with van der Waals surface area (Å²) < 4.78 is 5.94. The first-order chi connectivity index (χ1) is 14.6. The van der Waals surface area contributed by atoms with Crippen LogP contribution < -0.4 is 0 Å². The fraction of sp³-hybridized carbons (Fsp3) is 0.786. The van der Waals surface area contributed by atoms with E-state index in [4.69, 9.17) is 4.74 Å². The summed E-state index contributed by atoms with van der Waals surface area (Å²) in [5.41, 5.74) is 4.09. The van der Waals surface area contributed by atoms with Gasteiger partial charge in [-0.05, 0) is 105 Å². The van der Waals surface area contributed by atoms with Crippen LogP contribution in [-0.2, 0) is 14.3 Å². The highest BCUT2D eigenvalue weighted by atomic mass is 16.5. The summed E-state index contributed by atoms with van der Waals surface area (Å²) in [6, 6.07) is 0. The number of carbonyl (C=O) groups is 2. The van der Waals surface area contributed by atoms with E-state index in [-0.39, 0.29) is 17.5 Å². The zero-order valence-corrected chi connectivity index (χ0v) is 20.1. The maximum atomic E-state index is 12.4. The largest absolute Gasteiger partial charge is 0.458 e. The topological polar surface area (TPSA) is 43.4 Å². The third-order valence-electron chi connectivity index (χ3n) is 11.0. The number of cyclic esters (lactones) is 1. The Labute approximate surface area is 188 Å². The zero-order chi connectivity index (χ0) is 22.1. The fourth-order valence-electron chi connectivity index (χ4n) is 8.91. The summed E-state index contributed by atoms with van der Waals surface area (Å²) in [5, 5.41) is 0. The number of hydrogen-bond acceptors (Lipinski definition) is 3. The molecule has 5 rings (SSSR count). The second kappa shape index (κ2) is 7.32. The molecule has 0 aromatic heterocycles. The van der Waals surface area contributed by atoms with E-state index < -0.39 is 0 Å². The molecule has 4 aliphatic carbocycles. The van der Waals surface area contributed by atoms with Gasteiger partial charge >= 0.3 is 5.97 Å². The normalized spacial score (nSPS) is 46.0. The molecule has 3 saturated carbocycles. The van der Waals surface area contributed by atoms with Crippen LogP contribution in [0.4, 0.5) is 0 Å². The molecule has 0 radical (unpaired) electrons. The molecule has 0 N–H and O–H groups in total. The van der Waals surface area contributed by atoms with Crippen LogP contribution >= 0.6 is 0 Å². The fourth-order valence-corrected chi connectivity index (χ4v) is 8.91. The van der Waals surface area contributed by atoms with Crippen LogP contribution in [0.15, 0.2) is 22.8 Å². The van der Waals surface area contributed by atoms with E-state index in [1.165, 1.54) is 43.3 Å². The van der Waals surface area contributed by atoms with Gasteiger partial charge in [0.05, 0.1) is 0 Å². The van der Waals surface area contributed by atoms with Crippen LogP contribution in [0, 0.1) is 40.4 Å². The molecule has 0 spiro atoms. The van der Waals surface area contributed by atoms with Crippen LogP contribution in [0.25, 0.3) is 0 Å². The van der Waals surface area contributed by atoms with E-state index in [0.717, 1.165) is 49.0 Å². The number of carbonyl (C=O) groups excluding carboxylic acids is 2. The minimum atomic E-state index is -0.102. The van der Waals surface area contributed by atoms with Crippen LogP contribution in [0.2, 0.25) is 0 Å². The minimum absolute atomic E-state index is 0.0391. The van der Waals surface area contributed by atoms with Gasteiger partial charge in [-0.25, -0.2) is 4.79 Å². The van der Waals surface area contributed by atoms with E-state index >= 15 is 0 Å². The Bertz CT molecular complexity index is 865. The number of esters is 1. The van der Waals surface area contributed by atoms with Gasteiger partial charge in [0.1, 0.15) is 6.10 Å². The highest BCUT2D eigenvalue weighted by molar-refractivity contribution is 5.91. The van der Waals surface area contributed by atoms with Gasteiger partial charge < -0.3 is 4.74 Å². The monoisotopic (exact) mass is 424 g/mol. The van der Waals surface area contributed by atoms with Crippen molar-refractivity contribution in [2.45, 2.75) is 98.5 Å². The highest BCUT2D eigenvalue weighted by Gasteiger charge is 2.60. The van der Waals surface area contributed by atoms with Gasteiger partial charge in [-0.3, -0.25) is 4.79 Å². The van der Waals surface area contributed by atoms with E-state index in [1.54, 1.807) is 0 Å². The molecule has 170 valence electrons. The van der Waals surface area contributed by atoms with E-state index in [2.05, 4.69) is 27.7 Å². The maximum absolute atomic E-state index is 12.4.